The molecule has 150 valence electrons. The number of rotatable bonds is 5. The Hall–Kier alpha value is -3.80. The van der Waals surface area contributed by atoms with Gasteiger partial charge in [-0.3, -0.25) is 13.9 Å². The van der Waals surface area contributed by atoms with Crippen molar-refractivity contribution in [3.63, 3.8) is 0 Å². The molecule has 0 amide bonds. The Labute approximate surface area is 166 Å². The third kappa shape index (κ3) is 3.40. The van der Waals surface area contributed by atoms with E-state index in [-0.39, 0.29) is 22.9 Å². The highest BCUT2D eigenvalue weighted by atomic mass is 16.5. The summed E-state index contributed by atoms with van der Waals surface area (Å²) in [4.78, 5) is 29.5. The fourth-order valence-electron chi connectivity index (χ4n) is 3.13. The Balaban J connectivity index is 2.33. The Morgan fingerprint density at radius 3 is 2.52 bits per heavy atom. The standard InChI is InChI=1S/C20H20N4O5/c1-5-28-11-22-17-14(10-21)15(12-6-8-13(27-4)9-7-12)16-18(25)23(2)20(26)24(3)19(16)29-17/h6-9,11,15H,5H2,1-4H3/b22-11+. The molecule has 0 spiro atoms. The minimum atomic E-state index is -0.770. The number of nitrogens with zero attached hydrogens (tertiary/aromatic N) is 4. The molecule has 1 atom stereocenters. The van der Waals surface area contributed by atoms with Gasteiger partial charge in [-0.2, -0.15) is 10.3 Å². The van der Waals surface area contributed by atoms with Crippen LogP contribution in [0.1, 0.15) is 24.0 Å². The predicted molar refractivity (Wildman–Crippen MR) is 105 cm³/mol. The minimum Gasteiger partial charge on any atom is -0.497 e. The maximum Gasteiger partial charge on any atom is 0.333 e. The Morgan fingerprint density at radius 2 is 1.93 bits per heavy atom. The van der Waals surface area contributed by atoms with Crippen LogP contribution in [-0.4, -0.2) is 29.3 Å². The summed E-state index contributed by atoms with van der Waals surface area (Å²) in [5, 5.41) is 9.86. The molecule has 0 N–H and O–H groups in total. The lowest BCUT2D eigenvalue weighted by Gasteiger charge is -2.27. The number of aromatic nitrogens is 2. The highest BCUT2D eigenvalue weighted by Gasteiger charge is 2.36. The van der Waals surface area contributed by atoms with Gasteiger partial charge in [-0.25, -0.2) is 4.79 Å². The lowest BCUT2D eigenvalue weighted by molar-refractivity contribution is 0.326. The first-order chi connectivity index (χ1) is 13.9. The highest BCUT2D eigenvalue weighted by molar-refractivity contribution is 5.57. The molecule has 1 aliphatic heterocycles. The van der Waals surface area contributed by atoms with Gasteiger partial charge < -0.3 is 14.2 Å². The molecule has 2 aromatic rings. The van der Waals surface area contributed by atoms with Crippen molar-refractivity contribution in [2.45, 2.75) is 12.8 Å². The van der Waals surface area contributed by atoms with E-state index in [1.165, 1.54) is 25.1 Å². The van der Waals surface area contributed by atoms with E-state index in [0.717, 1.165) is 4.57 Å². The minimum absolute atomic E-state index is 0.0301. The van der Waals surface area contributed by atoms with E-state index < -0.39 is 17.2 Å². The predicted octanol–water partition coefficient (Wildman–Crippen LogP) is 1.42. The van der Waals surface area contributed by atoms with E-state index in [2.05, 4.69) is 11.1 Å². The third-order valence-electron chi connectivity index (χ3n) is 4.63. The van der Waals surface area contributed by atoms with Gasteiger partial charge in [0.15, 0.2) is 6.40 Å². The van der Waals surface area contributed by atoms with Gasteiger partial charge in [0.25, 0.3) is 5.56 Å². The van der Waals surface area contributed by atoms with Gasteiger partial charge in [0.05, 0.1) is 25.2 Å². The number of methoxy groups -OCH3 is 1. The summed E-state index contributed by atoms with van der Waals surface area (Å²) >= 11 is 0. The zero-order valence-electron chi connectivity index (χ0n) is 16.5. The molecule has 1 aromatic heterocycles. The molecule has 0 bridgehead atoms. The van der Waals surface area contributed by atoms with Crippen molar-refractivity contribution in [2.75, 3.05) is 13.7 Å². The van der Waals surface area contributed by atoms with Crippen LogP contribution in [-0.2, 0) is 18.8 Å². The van der Waals surface area contributed by atoms with Crippen LogP contribution in [0.5, 0.6) is 11.6 Å². The molecule has 0 aliphatic carbocycles. The molecule has 29 heavy (non-hydrogen) atoms. The summed E-state index contributed by atoms with van der Waals surface area (Å²) in [5.41, 5.74) is -0.104. The number of allylic oxidation sites excluding steroid dienone is 1. The molecule has 9 heteroatoms. The van der Waals surface area contributed by atoms with E-state index >= 15 is 0 Å². The summed E-state index contributed by atoms with van der Waals surface area (Å²) in [5.74, 6) is -0.125. The van der Waals surface area contributed by atoms with E-state index in [0.29, 0.717) is 17.9 Å². The topological polar surface area (TPSA) is 108 Å². The number of nitriles is 1. The average molecular weight is 396 g/mol. The van der Waals surface area contributed by atoms with Gasteiger partial charge in [-0.05, 0) is 24.6 Å². The number of ether oxygens (including phenoxy) is 3. The zero-order chi connectivity index (χ0) is 21.1. The summed E-state index contributed by atoms with van der Waals surface area (Å²) in [6, 6.07) is 9.07. The van der Waals surface area contributed by atoms with Crippen molar-refractivity contribution >= 4 is 6.40 Å². The molecule has 3 rings (SSSR count). The second-order valence-electron chi connectivity index (χ2n) is 6.25. The summed E-state index contributed by atoms with van der Waals surface area (Å²) < 4.78 is 18.2. The Kier molecular flexibility index (Phi) is 5.54. The second-order valence-corrected chi connectivity index (χ2v) is 6.25. The molecule has 1 unspecified atom stereocenters. The van der Waals surface area contributed by atoms with Crippen molar-refractivity contribution in [3.05, 3.63) is 67.7 Å². The fourth-order valence-corrected chi connectivity index (χ4v) is 3.13. The van der Waals surface area contributed by atoms with E-state index in [9.17, 15) is 14.9 Å². The van der Waals surface area contributed by atoms with Crippen molar-refractivity contribution < 1.29 is 14.2 Å². The Morgan fingerprint density at radius 1 is 1.24 bits per heavy atom. The van der Waals surface area contributed by atoms with Gasteiger partial charge in [0, 0.05) is 14.1 Å². The number of hydrogen-bond donors (Lipinski definition) is 0. The van der Waals surface area contributed by atoms with Gasteiger partial charge in [0.1, 0.15) is 17.4 Å². The number of aliphatic imine (C=N–C) groups is 1. The summed E-state index contributed by atoms with van der Waals surface area (Å²) in [6.07, 6.45) is 1.17. The SMILES string of the molecule is CCO/C=N/C1=C(C#N)C(c2ccc(OC)cc2)c2c(n(C)c(=O)n(C)c2=O)O1. The molecule has 0 fully saturated rings. The van der Waals surface area contributed by atoms with Gasteiger partial charge in [-0.1, -0.05) is 12.1 Å². The van der Waals surface area contributed by atoms with Crippen LogP contribution in [0.15, 0.2) is 50.3 Å². The molecule has 2 heterocycles. The largest absolute Gasteiger partial charge is 0.497 e. The molecular formula is C20H20N4O5. The first-order valence-electron chi connectivity index (χ1n) is 8.84. The lowest BCUT2D eigenvalue weighted by atomic mass is 9.85. The number of hydrogen-bond acceptors (Lipinski definition) is 7. The van der Waals surface area contributed by atoms with Crippen LogP contribution < -0.4 is 20.7 Å². The van der Waals surface area contributed by atoms with Crippen LogP contribution in [0.25, 0.3) is 0 Å². The molecule has 9 nitrogen and oxygen atoms in total. The van der Waals surface area contributed by atoms with Gasteiger partial charge in [-0.15, -0.1) is 0 Å². The van der Waals surface area contributed by atoms with Crippen LogP contribution >= 0.6 is 0 Å². The maximum atomic E-state index is 13.0. The average Bonchev–Trinajstić information content (AvgIpc) is 2.75. The van der Waals surface area contributed by atoms with Crippen molar-refractivity contribution in [3.8, 4) is 17.7 Å². The maximum absolute atomic E-state index is 13.0. The van der Waals surface area contributed by atoms with Gasteiger partial charge >= 0.3 is 5.69 Å². The van der Waals surface area contributed by atoms with Crippen LogP contribution in [0.4, 0.5) is 0 Å². The zero-order valence-corrected chi connectivity index (χ0v) is 16.5. The van der Waals surface area contributed by atoms with Crippen LogP contribution in [0, 0.1) is 11.3 Å². The smallest absolute Gasteiger partial charge is 0.333 e. The number of benzene rings is 1. The van der Waals surface area contributed by atoms with Crippen molar-refractivity contribution in [1.29, 1.82) is 5.26 Å². The molecule has 1 aliphatic rings. The van der Waals surface area contributed by atoms with Crippen LogP contribution in [0.3, 0.4) is 0 Å². The monoisotopic (exact) mass is 396 g/mol. The first-order valence-corrected chi connectivity index (χ1v) is 8.84. The molecule has 0 saturated carbocycles. The molecule has 0 radical (unpaired) electrons. The fraction of sp³-hybridized carbons (Fsp3) is 0.300. The van der Waals surface area contributed by atoms with E-state index in [1.54, 1.807) is 38.3 Å². The van der Waals surface area contributed by atoms with Crippen molar-refractivity contribution in [1.82, 2.24) is 9.13 Å². The third-order valence-corrected chi connectivity index (χ3v) is 4.63. The van der Waals surface area contributed by atoms with Crippen molar-refractivity contribution in [2.24, 2.45) is 19.1 Å². The highest BCUT2D eigenvalue weighted by Crippen LogP contribution is 2.41. The first kappa shape index (κ1) is 19.9. The van der Waals surface area contributed by atoms with Gasteiger partial charge in [0.2, 0.25) is 11.8 Å². The van der Waals surface area contributed by atoms with Crippen LogP contribution in [0.2, 0.25) is 0 Å². The molecule has 0 saturated heterocycles. The molecular weight excluding hydrogens is 376 g/mol. The second kappa shape index (κ2) is 8.06. The summed E-state index contributed by atoms with van der Waals surface area (Å²) in [6.45, 7) is 2.17. The normalized spacial score (nSPS) is 15.6. The summed E-state index contributed by atoms with van der Waals surface area (Å²) in [7, 11) is 4.42. The number of fused-ring (bicyclic) bond motifs is 1. The Bertz CT molecular complexity index is 1150. The molecule has 1 aromatic carbocycles. The van der Waals surface area contributed by atoms with E-state index in [4.69, 9.17) is 14.2 Å². The lowest BCUT2D eigenvalue weighted by Crippen LogP contribution is -2.42. The van der Waals surface area contributed by atoms with E-state index in [1.807, 2.05) is 0 Å². The quantitative estimate of drug-likeness (QED) is 0.559.